The number of nitriles is 2. The van der Waals surface area contributed by atoms with E-state index in [4.69, 9.17) is 0 Å². The van der Waals surface area contributed by atoms with Crippen LogP contribution in [-0.4, -0.2) is 28.1 Å². The van der Waals surface area contributed by atoms with Crippen LogP contribution in [-0.2, 0) is 0 Å². The van der Waals surface area contributed by atoms with Crippen molar-refractivity contribution < 1.29 is 4.79 Å². The van der Waals surface area contributed by atoms with Crippen LogP contribution in [0.3, 0.4) is 0 Å². The average Bonchev–Trinajstić information content (AvgIpc) is 3.17. The van der Waals surface area contributed by atoms with Gasteiger partial charge in [-0.3, -0.25) is 9.97 Å². The van der Waals surface area contributed by atoms with Crippen molar-refractivity contribution in [2.45, 2.75) is 59.0 Å². The summed E-state index contributed by atoms with van der Waals surface area (Å²) in [6, 6.07) is 27.5. The molecule has 2 amide bonds. The minimum Gasteiger partial charge on any atom is -0.335 e. The molecule has 0 saturated heterocycles. The zero-order valence-electron chi connectivity index (χ0n) is 30.4. The Bertz CT molecular complexity index is 1990. The number of nitrogens with one attached hydrogen (secondary N) is 2. The maximum absolute atomic E-state index is 13.5. The van der Waals surface area contributed by atoms with Crippen molar-refractivity contribution in [3.63, 3.8) is 0 Å². The molecule has 2 saturated carbocycles. The number of nitrogens with zero attached hydrogens (tertiary/aromatic N) is 4. The molecule has 1 unspecified atom stereocenters. The second kappa shape index (κ2) is 16.7. The number of rotatable bonds is 8. The number of carbonyl (C=O) groups is 1. The van der Waals surface area contributed by atoms with E-state index in [1.165, 1.54) is 0 Å². The van der Waals surface area contributed by atoms with Gasteiger partial charge in [-0.2, -0.15) is 10.5 Å². The van der Waals surface area contributed by atoms with Crippen molar-refractivity contribution in [1.29, 1.82) is 10.5 Å². The zero-order valence-corrected chi connectivity index (χ0v) is 30.4. The molecule has 1 radical (unpaired) electrons. The van der Waals surface area contributed by atoms with Gasteiger partial charge in [-0.05, 0) is 91.7 Å². The fourth-order valence-corrected chi connectivity index (χ4v) is 7.79. The Balaban J connectivity index is 1.08. The summed E-state index contributed by atoms with van der Waals surface area (Å²) in [7, 11) is 0. The lowest BCUT2D eigenvalue weighted by molar-refractivity contribution is 0.169. The lowest BCUT2D eigenvalue weighted by atomic mass is 9.70. The van der Waals surface area contributed by atoms with Crippen LogP contribution in [0, 0.1) is 64.6 Å². The molecule has 2 N–H and O–H groups in total. The van der Waals surface area contributed by atoms with Crippen molar-refractivity contribution in [3.05, 3.63) is 126 Å². The summed E-state index contributed by atoms with van der Waals surface area (Å²) < 4.78 is 0. The lowest BCUT2D eigenvalue weighted by Gasteiger charge is -2.40. The fraction of sp³-hybridized carbons (Fsp3) is 0.333. The molecule has 8 atom stereocenters. The Hall–Kier alpha value is -5.53. The minimum atomic E-state index is -0.121. The van der Waals surface area contributed by atoms with Gasteiger partial charge in [-0.25, -0.2) is 4.79 Å². The normalized spacial score (nSPS) is 26.0. The van der Waals surface area contributed by atoms with Crippen LogP contribution >= 0.6 is 0 Å². The van der Waals surface area contributed by atoms with Gasteiger partial charge >= 0.3 is 6.03 Å². The quantitative estimate of drug-likeness (QED) is 0.192. The molecule has 2 heterocycles. The van der Waals surface area contributed by atoms with Gasteiger partial charge in [0.15, 0.2) is 0 Å². The van der Waals surface area contributed by atoms with Crippen LogP contribution in [0.15, 0.2) is 97.3 Å². The van der Waals surface area contributed by atoms with Crippen molar-refractivity contribution in [3.8, 4) is 34.4 Å². The molecule has 7 heteroatoms. The van der Waals surface area contributed by atoms with Crippen LogP contribution in [0.1, 0.15) is 69.5 Å². The zero-order chi connectivity index (χ0) is 36.6. The predicted octanol–water partition coefficient (Wildman–Crippen LogP) is 9.50. The molecule has 2 aromatic heterocycles. The first kappa shape index (κ1) is 36.3. The van der Waals surface area contributed by atoms with Crippen LogP contribution in [0.5, 0.6) is 0 Å². The van der Waals surface area contributed by atoms with E-state index in [1.54, 1.807) is 0 Å². The molecule has 0 spiro atoms. The molecule has 6 rings (SSSR count). The smallest absolute Gasteiger partial charge is 0.315 e. The number of urea groups is 1. The Labute approximate surface area is 308 Å². The Morgan fingerprint density at radius 2 is 1.29 bits per heavy atom. The first-order chi connectivity index (χ1) is 25.2. The maximum Gasteiger partial charge on any atom is 0.315 e. The van der Waals surface area contributed by atoms with Gasteiger partial charge in [0.1, 0.15) is 0 Å². The number of hydrogen-bond acceptors (Lipinski definition) is 5. The third-order valence-corrected chi connectivity index (χ3v) is 11.4. The highest BCUT2D eigenvalue weighted by Crippen LogP contribution is 2.37. The summed E-state index contributed by atoms with van der Waals surface area (Å²) in [5, 5.41) is 25.6. The summed E-state index contributed by atoms with van der Waals surface area (Å²) >= 11 is 0. The van der Waals surface area contributed by atoms with Crippen molar-refractivity contribution in [2.24, 2.45) is 35.5 Å². The molecule has 4 aromatic rings. The van der Waals surface area contributed by atoms with Gasteiger partial charge in [0.2, 0.25) is 0 Å². The topological polar surface area (TPSA) is 114 Å². The van der Waals surface area contributed by atoms with E-state index in [0.29, 0.717) is 40.7 Å². The van der Waals surface area contributed by atoms with Gasteiger partial charge in [-0.15, -0.1) is 0 Å². The second-order valence-corrected chi connectivity index (χ2v) is 14.7. The third-order valence-electron chi connectivity index (χ3n) is 11.4. The molecule has 2 aliphatic carbocycles. The van der Waals surface area contributed by atoms with Gasteiger partial charge < -0.3 is 10.6 Å². The molecule has 52 heavy (non-hydrogen) atoms. The Kier molecular flexibility index (Phi) is 11.6. The van der Waals surface area contributed by atoms with Crippen LogP contribution < -0.4 is 10.6 Å². The summed E-state index contributed by atoms with van der Waals surface area (Å²) in [5.74, 6) is 2.24. The molecule has 0 aliphatic heterocycles. The number of pyridine rings is 2. The lowest BCUT2D eigenvalue weighted by Crippen LogP contribution is -2.53. The molecule has 2 aliphatic rings. The number of aromatic nitrogens is 2. The summed E-state index contributed by atoms with van der Waals surface area (Å²) in [6.07, 6.45) is 17.2. The largest absolute Gasteiger partial charge is 0.335 e. The molecule has 0 bridgehead atoms. The number of hydrogen-bond donors (Lipinski definition) is 2. The van der Waals surface area contributed by atoms with E-state index in [0.717, 1.165) is 52.9 Å². The van der Waals surface area contributed by atoms with Gasteiger partial charge in [0.25, 0.3) is 0 Å². The van der Waals surface area contributed by atoms with Crippen LogP contribution in [0.4, 0.5) is 4.79 Å². The number of amides is 2. The summed E-state index contributed by atoms with van der Waals surface area (Å²) in [4.78, 5) is 22.9. The standard InChI is InChI=1S/C45H47N6O/c1-29-13-22-44(41(32(29)4)21-20-39-19-16-37(28-49-39)43-12-8-6-10-35(43)26-47)51-45(52)50-40-23-30(2)31(3)33(24-40)14-17-38-18-15-36(27-48-38)42-11-7-5-9-34(42)25-46/h5-12,14-22,27-33,40-41,44H,13,23-24H2,1-4H3,(H2,50,51,52)/b17-14+,21-20+/t29-,30-,31+,32+,33+,40?,41-,44+/m0/s1. The fourth-order valence-electron chi connectivity index (χ4n) is 7.79. The number of benzene rings is 2. The van der Waals surface area contributed by atoms with Gasteiger partial charge in [0.05, 0.1) is 34.7 Å². The summed E-state index contributed by atoms with van der Waals surface area (Å²) in [6.45, 7) is 9.12. The SMILES string of the molecule is C[C@H]1[C@H](/C=C/c2ccc(-c3ccccc3C#N)cn2)[C@H](NC(=O)NC2C[C@@H](/C=C/c3ccc(-c4ccccc4C#N)cn3)[C@H](C)[C@@H](C)C2)[CH]C[C@@H]1C. The number of allylic oxidation sites excluding steroid dienone is 1. The minimum absolute atomic E-state index is 0.0708. The molecule has 7 nitrogen and oxygen atoms in total. The first-order valence-corrected chi connectivity index (χ1v) is 18.4. The van der Waals surface area contributed by atoms with E-state index in [2.05, 4.69) is 85.1 Å². The van der Waals surface area contributed by atoms with E-state index in [9.17, 15) is 15.3 Å². The van der Waals surface area contributed by atoms with E-state index in [-0.39, 0.29) is 24.0 Å². The van der Waals surface area contributed by atoms with Crippen molar-refractivity contribution in [2.75, 3.05) is 0 Å². The molecular formula is C45H47N6O. The Morgan fingerprint density at radius 1 is 0.712 bits per heavy atom. The maximum atomic E-state index is 13.5. The van der Waals surface area contributed by atoms with E-state index < -0.39 is 0 Å². The first-order valence-electron chi connectivity index (χ1n) is 18.4. The number of carbonyl (C=O) groups excluding carboxylic acids is 1. The molecule has 2 aromatic carbocycles. The highest BCUT2D eigenvalue weighted by molar-refractivity contribution is 5.75. The summed E-state index contributed by atoms with van der Waals surface area (Å²) in [5.41, 5.74) is 6.57. The van der Waals surface area contributed by atoms with Gasteiger partial charge in [-0.1, -0.05) is 88.4 Å². The van der Waals surface area contributed by atoms with Crippen molar-refractivity contribution in [1.82, 2.24) is 20.6 Å². The molecule has 263 valence electrons. The van der Waals surface area contributed by atoms with Crippen LogP contribution in [0.25, 0.3) is 34.4 Å². The predicted molar refractivity (Wildman–Crippen MR) is 208 cm³/mol. The Morgan fingerprint density at radius 3 is 1.85 bits per heavy atom. The highest BCUT2D eigenvalue weighted by atomic mass is 16.2. The van der Waals surface area contributed by atoms with E-state index >= 15 is 0 Å². The molecule has 2 fully saturated rings. The highest BCUT2D eigenvalue weighted by Gasteiger charge is 2.36. The van der Waals surface area contributed by atoms with Crippen LogP contribution in [0.2, 0.25) is 0 Å². The van der Waals surface area contributed by atoms with Gasteiger partial charge in [0, 0.05) is 52.6 Å². The third kappa shape index (κ3) is 8.49. The second-order valence-electron chi connectivity index (χ2n) is 14.7. The average molecular weight is 688 g/mol. The van der Waals surface area contributed by atoms with E-state index in [1.807, 2.05) is 91.3 Å². The monoisotopic (exact) mass is 687 g/mol. The van der Waals surface area contributed by atoms with Crippen molar-refractivity contribution >= 4 is 18.2 Å². The molecular weight excluding hydrogens is 641 g/mol.